The van der Waals surface area contributed by atoms with Gasteiger partial charge in [-0.2, -0.15) is 4.73 Å². The van der Waals surface area contributed by atoms with E-state index in [0.717, 1.165) is 11.1 Å². The van der Waals surface area contributed by atoms with Gasteiger partial charge in [-0.05, 0) is 0 Å². The number of aromatic nitrogens is 4. The molecule has 62 valence electrons. The highest BCUT2D eigenvalue weighted by Gasteiger charge is 2.02. The van der Waals surface area contributed by atoms with Gasteiger partial charge in [0.05, 0.1) is 6.33 Å². The van der Waals surface area contributed by atoms with Gasteiger partial charge in [0.15, 0.2) is 5.65 Å². The first-order valence-corrected chi connectivity index (χ1v) is 3.11. The molecule has 0 bridgehead atoms. The van der Waals surface area contributed by atoms with Crippen molar-refractivity contribution in [2.24, 2.45) is 5.16 Å². The maximum atomic E-state index is 9.13. The number of aromatic amines is 1. The lowest BCUT2D eigenvalue weighted by Crippen LogP contribution is -2.12. The van der Waals surface area contributed by atoms with E-state index in [4.69, 9.17) is 10.4 Å². The number of rotatable bonds is 0. The normalized spacial score (nSPS) is 12.5. The Kier molecular flexibility index (Phi) is 1.23. The standard InChI is InChI=1S/C5H5N5O2/c11-9-4-3-5(7-1-6-3)10(12)2-8-4/h1-2,11-12H,(H,6,7)/b9-4-. The van der Waals surface area contributed by atoms with Crippen molar-refractivity contribution in [1.82, 2.24) is 19.7 Å². The van der Waals surface area contributed by atoms with E-state index in [0.29, 0.717) is 5.52 Å². The summed E-state index contributed by atoms with van der Waals surface area (Å²) < 4.78 is 0.737. The van der Waals surface area contributed by atoms with Gasteiger partial charge in [0.25, 0.3) is 0 Å². The number of hydrogen-bond donors (Lipinski definition) is 3. The first-order valence-electron chi connectivity index (χ1n) is 3.11. The van der Waals surface area contributed by atoms with Gasteiger partial charge in [0, 0.05) is 0 Å². The Hall–Kier alpha value is -2.05. The van der Waals surface area contributed by atoms with Gasteiger partial charge in [-0.15, -0.1) is 0 Å². The SMILES string of the molecule is O/N=c1\ncn(O)c2nc[nH]c12. The lowest BCUT2D eigenvalue weighted by Gasteiger charge is -1.94. The zero-order valence-corrected chi connectivity index (χ0v) is 5.84. The molecule has 0 aliphatic heterocycles. The Labute approximate surface area is 65.6 Å². The van der Waals surface area contributed by atoms with Crippen LogP contribution in [0.2, 0.25) is 0 Å². The zero-order valence-electron chi connectivity index (χ0n) is 5.84. The van der Waals surface area contributed by atoms with Crippen LogP contribution in [0.3, 0.4) is 0 Å². The van der Waals surface area contributed by atoms with Gasteiger partial charge in [0.2, 0.25) is 5.49 Å². The maximum Gasteiger partial charge on any atom is 0.220 e. The molecule has 0 amide bonds. The minimum atomic E-state index is 0.0906. The molecule has 2 aromatic rings. The highest BCUT2D eigenvalue weighted by Crippen LogP contribution is 1.98. The first-order chi connectivity index (χ1) is 5.83. The van der Waals surface area contributed by atoms with Gasteiger partial charge in [-0.1, -0.05) is 5.16 Å². The molecule has 2 aromatic heterocycles. The summed E-state index contributed by atoms with van der Waals surface area (Å²) in [7, 11) is 0. The zero-order chi connectivity index (χ0) is 8.55. The molecule has 2 rings (SSSR count). The molecule has 0 unspecified atom stereocenters. The largest absolute Gasteiger partial charge is 0.425 e. The summed E-state index contributed by atoms with van der Waals surface area (Å²) in [5.41, 5.74) is 0.730. The van der Waals surface area contributed by atoms with Crippen molar-refractivity contribution in [2.75, 3.05) is 0 Å². The summed E-state index contributed by atoms with van der Waals surface area (Å²) in [6.07, 6.45) is 2.46. The van der Waals surface area contributed by atoms with Crippen LogP contribution in [0.25, 0.3) is 11.2 Å². The van der Waals surface area contributed by atoms with Crippen molar-refractivity contribution in [3.63, 3.8) is 0 Å². The van der Waals surface area contributed by atoms with Gasteiger partial charge >= 0.3 is 0 Å². The van der Waals surface area contributed by atoms with E-state index < -0.39 is 0 Å². The van der Waals surface area contributed by atoms with Gasteiger partial charge in [-0.25, -0.2) is 9.97 Å². The molecule has 0 saturated heterocycles. The average molecular weight is 167 g/mol. The summed E-state index contributed by atoms with van der Waals surface area (Å²) in [5.74, 6) is 0. The molecular formula is C5H5N5O2. The van der Waals surface area contributed by atoms with Crippen LogP contribution in [-0.4, -0.2) is 30.1 Å². The van der Waals surface area contributed by atoms with Gasteiger partial charge in [-0.3, -0.25) is 0 Å². The Bertz CT molecular complexity index is 470. The van der Waals surface area contributed by atoms with Crippen molar-refractivity contribution in [3.8, 4) is 0 Å². The third-order valence-electron chi connectivity index (χ3n) is 1.44. The smallest absolute Gasteiger partial charge is 0.220 e. The second kappa shape index (κ2) is 2.22. The van der Waals surface area contributed by atoms with Crippen molar-refractivity contribution >= 4 is 11.2 Å². The molecule has 2 heterocycles. The highest BCUT2D eigenvalue weighted by atomic mass is 16.5. The summed E-state index contributed by atoms with van der Waals surface area (Å²) in [4.78, 5) is 10.1. The Balaban J connectivity index is 3.02. The van der Waals surface area contributed by atoms with Crippen LogP contribution in [0.5, 0.6) is 0 Å². The Morgan fingerprint density at radius 2 is 2.33 bits per heavy atom. The van der Waals surface area contributed by atoms with Crippen molar-refractivity contribution in [3.05, 3.63) is 18.1 Å². The molecule has 7 nitrogen and oxygen atoms in total. The number of H-pyrrole nitrogens is 1. The summed E-state index contributed by atoms with van der Waals surface area (Å²) >= 11 is 0. The summed E-state index contributed by atoms with van der Waals surface area (Å²) in [6, 6.07) is 0. The fourth-order valence-electron chi connectivity index (χ4n) is 0.930. The first kappa shape index (κ1) is 6.65. The lowest BCUT2D eigenvalue weighted by molar-refractivity contribution is 0.191. The third kappa shape index (κ3) is 0.729. The van der Waals surface area contributed by atoms with Crippen LogP contribution in [0.1, 0.15) is 0 Å². The highest BCUT2D eigenvalue weighted by molar-refractivity contribution is 5.67. The predicted molar refractivity (Wildman–Crippen MR) is 36.4 cm³/mol. The summed E-state index contributed by atoms with van der Waals surface area (Å²) in [6.45, 7) is 0. The topological polar surface area (TPSA) is 99.3 Å². The molecule has 0 radical (unpaired) electrons. The third-order valence-corrected chi connectivity index (χ3v) is 1.44. The van der Waals surface area contributed by atoms with Gasteiger partial charge in [0.1, 0.15) is 11.8 Å². The molecular weight excluding hydrogens is 162 g/mol. The quantitative estimate of drug-likeness (QED) is 0.274. The molecule has 0 atom stereocenters. The number of imidazole rings is 1. The predicted octanol–water partition coefficient (Wildman–Crippen LogP) is -0.713. The fourth-order valence-corrected chi connectivity index (χ4v) is 0.930. The van der Waals surface area contributed by atoms with Crippen LogP contribution in [-0.2, 0) is 0 Å². The van der Waals surface area contributed by atoms with E-state index in [-0.39, 0.29) is 11.1 Å². The van der Waals surface area contributed by atoms with Crippen molar-refractivity contribution in [2.45, 2.75) is 0 Å². The van der Waals surface area contributed by atoms with Crippen molar-refractivity contribution in [1.29, 1.82) is 0 Å². The van der Waals surface area contributed by atoms with E-state index in [1.54, 1.807) is 0 Å². The number of nitrogens with zero attached hydrogens (tertiary/aromatic N) is 4. The molecule has 0 aliphatic carbocycles. The van der Waals surface area contributed by atoms with Crippen LogP contribution < -0.4 is 5.49 Å². The van der Waals surface area contributed by atoms with E-state index in [2.05, 4.69) is 20.1 Å². The van der Waals surface area contributed by atoms with Gasteiger partial charge < -0.3 is 15.4 Å². The van der Waals surface area contributed by atoms with E-state index in [1.807, 2.05) is 0 Å². The van der Waals surface area contributed by atoms with Crippen LogP contribution in [0.15, 0.2) is 17.8 Å². The molecule has 0 fully saturated rings. The van der Waals surface area contributed by atoms with Crippen molar-refractivity contribution < 1.29 is 10.4 Å². The Morgan fingerprint density at radius 1 is 1.50 bits per heavy atom. The number of fused-ring (bicyclic) bond motifs is 1. The minimum absolute atomic E-state index is 0.0906. The molecule has 0 aliphatic rings. The maximum absolute atomic E-state index is 9.13. The lowest BCUT2D eigenvalue weighted by atomic mass is 10.5. The molecule has 7 heteroatoms. The molecule has 0 aromatic carbocycles. The average Bonchev–Trinajstić information content (AvgIpc) is 2.54. The Morgan fingerprint density at radius 3 is 3.08 bits per heavy atom. The summed E-state index contributed by atoms with van der Waals surface area (Å²) in [5, 5.41) is 20.5. The second-order valence-electron chi connectivity index (χ2n) is 2.11. The second-order valence-corrected chi connectivity index (χ2v) is 2.11. The monoisotopic (exact) mass is 167 g/mol. The molecule has 3 N–H and O–H groups in total. The molecule has 12 heavy (non-hydrogen) atoms. The van der Waals surface area contributed by atoms with Crippen LogP contribution in [0.4, 0.5) is 0 Å². The number of nitrogens with one attached hydrogen (secondary N) is 1. The fraction of sp³-hybridized carbons (Fsp3) is 0. The van der Waals surface area contributed by atoms with Crippen LogP contribution in [0, 0.1) is 0 Å². The molecule has 0 saturated carbocycles. The number of hydrogen-bond acceptors (Lipinski definition) is 5. The minimum Gasteiger partial charge on any atom is -0.425 e. The van der Waals surface area contributed by atoms with E-state index >= 15 is 0 Å². The molecule has 0 spiro atoms. The van der Waals surface area contributed by atoms with Crippen LogP contribution >= 0.6 is 0 Å². The van der Waals surface area contributed by atoms with E-state index in [1.165, 1.54) is 6.33 Å². The van der Waals surface area contributed by atoms with E-state index in [9.17, 15) is 0 Å².